The number of hydrogen-bond donors (Lipinski definition) is 0. The van der Waals surface area contributed by atoms with Crippen molar-refractivity contribution in [1.29, 1.82) is 0 Å². The second kappa shape index (κ2) is 18.0. The van der Waals surface area contributed by atoms with Gasteiger partial charge in [0, 0.05) is 48.5 Å². The first-order valence-corrected chi connectivity index (χ1v) is 20.9. The van der Waals surface area contributed by atoms with Crippen molar-refractivity contribution in [3.05, 3.63) is 142 Å². The molecule has 0 aliphatic carbocycles. The summed E-state index contributed by atoms with van der Waals surface area (Å²) in [5.74, 6) is 0.484. The van der Waals surface area contributed by atoms with Gasteiger partial charge in [-0.25, -0.2) is 4.39 Å². The molecule has 2 amide bonds. The van der Waals surface area contributed by atoms with Gasteiger partial charge in [-0.15, -0.1) is 0 Å². The third-order valence-electron chi connectivity index (χ3n) is 11.5. The van der Waals surface area contributed by atoms with Gasteiger partial charge < -0.3 is 19.3 Å². The van der Waals surface area contributed by atoms with E-state index in [0.29, 0.717) is 71.7 Å². The van der Waals surface area contributed by atoms with Crippen molar-refractivity contribution >= 4 is 23.4 Å². The van der Waals surface area contributed by atoms with Crippen LogP contribution in [0.3, 0.4) is 0 Å². The molecule has 2 aromatic heterocycles. The summed E-state index contributed by atoms with van der Waals surface area (Å²) in [6.45, 7) is 7.90. The molecule has 2 fully saturated rings. The highest BCUT2D eigenvalue weighted by molar-refractivity contribution is 6.30. The Morgan fingerprint density at radius 3 is 2.08 bits per heavy atom. The van der Waals surface area contributed by atoms with Gasteiger partial charge in [-0.2, -0.15) is 30.0 Å². The number of aromatic nitrogens is 6. The van der Waals surface area contributed by atoms with E-state index in [1.54, 1.807) is 42.9 Å². The normalized spacial score (nSPS) is 19.3. The molecule has 14 heteroatoms. The van der Waals surface area contributed by atoms with Gasteiger partial charge in [-0.05, 0) is 107 Å². The fourth-order valence-electron chi connectivity index (χ4n) is 8.13. The number of para-hydroxylation sites is 1. The van der Waals surface area contributed by atoms with Crippen LogP contribution < -0.4 is 9.47 Å². The third kappa shape index (κ3) is 9.21. The molecule has 4 unspecified atom stereocenters. The Morgan fingerprint density at radius 1 is 0.733 bits per heavy atom. The highest BCUT2D eigenvalue weighted by Gasteiger charge is 2.33. The average molecular weight is 831 g/mol. The first-order valence-electron chi connectivity index (χ1n) is 20.5. The number of amides is 2. The first-order chi connectivity index (χ1) is 29.1. The fraction of sp³-hybridized carbons (Fsp3) is 0.348. The van der Waals surface area contributed by atoms with E-state index in [1.807, 2.05) is 71.3 Å². The number of aryl methyl sites for hydroxylation is 1. The van der Waals surface area contributed by atoms with Crippen LogP contribution in [0.5, 0.6) is 11.5 Å². The number of hydrogen-bond acceptors (Lipinski definition) is 8. The van der Waals surface area contributed by atoms with E-state index in [1.165, 1.54) is 15.7 Å². The lowest BCUT2D eigenvalue weighted by molar-refractivity contribution is 0.0496. The van der Waals surface area contributed by atoms with Gasteiger partial charge in [0.1, 0.15) is 5.75 Å². The van der Waals surface area contributed by atoms with Gasteiger partial charge in [-0.3, -0.25) is 9.59 Å². The maximum absolute atomic E-state index is 14.5. The number of ether oxygens (including phenoxy) is 2. The van der Waals surface area contributed by atoms with Gasteiger partial charge in [0.15, 0.2) is 11.6 Å². The molecule has 12 nitrogen and oxygen atoms in total. The van der Waals surface area contributed by atoms with Crippen LogP contribution in [0.1, 0.15) is 77.1 Å². The molecule has 4 aromatic carbocycles. The van der Waals surface area contributed by atoms with E-state index < -0.39 is 5.82 Å². The molecule has 2 aliphatic rings. The van der Waals surface area contributed by atoms with Crippen molar-refractivity contribution in [2.75, 3.05) is 26.3 Å². The van der Waals surface area contributed by atoms with Crippen molar-refractivity contribution < 1.29 is 23.5 Å². The molecule has 8 rings (SSSR count). The first kappa shape index (κ1) is 40.7. The summed E-state index contributed by atoms with van der Waals surface area (Å²) in [5, 5.41) is 18.8. The van der Waals surface area contributed by atoms with E-state index in [4.69, 9.17) is 26.2 Å². The van der Waals surface area contributed by atoms with E-state index in [9.17, 15) is 14.0 Å². The maximum atomic E-state index is 14.5. The number of carbonyl (C=O) groups excluding carboxylic acids is 2. The van der Waals surface area contributed by atoms with Crippen LogP contribution in [0, 0.1) is 24.6 Å². The highest BCUT2D eigenvalue weighted by atomic mass is 35.5. The lowest BCUT2D eigenvalue weighted by atomic mass is 9.93. The zero-order chi connectivity index (χ0) is 41.8. The molecule has 0 radical (unpaired) electrons. The summed E-state index contributed by atoms with van der Waals surface area (Å²) in [5.41, 5.74) is 4.59. The van der Waals surface area contributed by atoms with Crippen molar-refractivity contribution in [3.8, 4) is 22.9 Å². The Balaban J connectivity index is 0.996. The number of benzene rings is 4. The zero-order valence-electron chi connectivity index (χ0n) is 34.0. The molecule has 0 spiro atoms. The quantitative estimate of drug-likeness (QED) is 0.121. The predicted octanol–water partition coefficient (Wildman–Crippen LogP) is 8.18. The monoisotopic (exact) mass is 830 g/mol. The van der Waals surface area contributed by atoms with Gasteiger partial charge in [0.05, 0.1) is 60.0 Å². The Morgan fingerprint density at radius 2 is 1.38 bits per heavy atom. The second-order valence-electron chi connectivity index (χ2n) is 16.0. The fourth-order valence-corrected chi connectivity index (χ4v) is 8.31. The van der Waals surface area contributed by atoms with Gasteiger partial charge >= 0.3 is 0 Å². The molecule has 0 N–H and O–H groups in total. The maximum Gasteiger partial charge on any atom is 0.256 e. The summed E-state index contributed by atoms with van der Waals surface area (Å²) < 4.78 is 26.2. The molecule has 310 valence electrons. The summed E-state index contributed by atoms with van der Waals surface area (Å²) in [6.07, 6.45) is 8.71. The molecular formula is C46H48ClFN8O4. The van der Waals surface area contributed by atoms with E-state index >= 15 is 0 Å². The molecule has 2 aliphatic heterocycles. The minimum atomic E-state index is -0.402. The minimum Gasteiger partial charge on any atom is -0.493 e. The summed E-state index contributed by atoms with van der Waals surface area (Å²) in [6, 6.07) is 25.1. The number of carbonyl (C=O) groups is 2. The van der Waals surface area contributed by atoms with E-state index in [0.717, 1.165) is 36.8 Å². The standard InChI is InChI=1S/C46H48ClFN8O4/c1-30-11-17-43(39(21-30)45(57)53-27-35(15-13-31(53)2)29-60-44-10-5-4-9-41(44)48)56-51-25-37(52-56)22-33-16-18-42(55-49-19-20-50-55)40(23-33)46(58)54-26-34(14-12-32(54)3)28-59-38-8-6-7-36(47)24-38/h4-11,16-21,23-25,31-32,34-35H,12-15,22,26-29H2,1-3H3. The molecule has 4 heterocycles. The lowest BCUT2D eigenvalue weighted by Crippen LogP contribution is -2.47. The zero-order valence-corrected chi connectivity index (χ0v) is 34.7. The van der Waals surface area contributed by atoms with Crippen LogP contribution in [-0.2, 0) is 6.42 Å². The molecule has 4 atom stereocenters. The number of halogens is 2. The van der Waals surface area contributed by atoms with Crippen LogP contribution >= 0.6 is 11.6 Å². The van der Waals surface area contributed by atoms with Crippen molar-refractivity contribution in [1.82, 2.24) is 39.8 Å². The average Bonchev–Trinajstić information content (AvgIpc) is 3.97. The van der Waals surface area contributed by atoms with Crippen LogP contribution in [0.4, 0.5) is 4.39 Å². The van der Waals surface area contributed by atoms with E-state index in [-0.39, 0.29) is 41.5 Å². The SMILES string of the molecule is Cc1ccc(-n2ncc(Cc3ccc(-n4nccn4)c(C(=O)N4CC(COc5cccc(Cl)c5)CCC4C)c3)n2)c(C(=O)N2CC(COc3ccccc3F)CCC2C)c1. The Labute approximate surface area is 353 Å². The van der Waals surface area contributed by atoms with Crippen LogP contribution in [0.2, 0.25) is 5.02 Å². The summed E-state index contributed by atoms with van der Waals surface area (Å²) in [7, 11) is 0. The van der Waals surface area contributed by atoms with Gasteiger partial charge in [0.25, 0.3) is 11.8 Å². The lowest BCUT2D eigenvalue weighted by Gasteiger charge is -2.38. The molecular weight excluding hydrogens is 783 g/mol. The minimum absolute atomic E-state index is 0.00887. The van der Waals surface area contributed by atoms with E-state index in [2.05, 4.69) is 29.1 Å². The smallest absolute Gasteiger partial charge is 0.256 e. The number of likely N-dealkylation sites (tertiary alicyclic amines) is 2. The Hall–Kier alpha value is -6.08. The van der Waals surface area contributed by atoms with Crippen molar-refractivity contribution in [2.24, 2.45) is 11.8 Å². The number of rotatable bonds is 12. The van der Waals surface area contributed by atoms with Crippen molar-refractivity contribution in [3.63, 3.8) is 0 Å². The van der Waals surface area contributed by atoms with Crippen LogP contribution in [0.15, 0.2) is 104 Å². The summed E-state index contributed by atoms with van der Waals surface area (Å²) >= 11 is 6.17. The number of nitrogens with zero attached hydrogens (tertiary/aromatic N) is 8. The topological polar surface area (TPSA) is 120 Å². The van der Waals surface area contributed by atoms with Gasteiger partial charge in [0.2, 0.25) is 0 Å². The highest BCUT2D eigenvalue weighted by Crippen LogP contribution is 2.30. The molecule has 0 saturated carbocycles. The summed E-state index contributed by atoms with van der Waals surface area (Å²) in [4.78, 5) is 35.6. The molecule has 2 saturated heterocycles. The Bertz CT molecular complexity index is 2460. The second-order valence-corrected chi connectivity index (χ2v) is 16.4. The third-order valence-corrected chi connectivity index (χ3v) is 11.8. The Kier molecular flexibility index (Phi) is 12.2. The largest absolute Gasteiger partial charge is 0.493 e. The van der Waals surface area contributed by atoms with Crippen LogP contribution in [0.25, 0.3) is 11.4 Å². The van der Waals surface area contributed by atoms with Crippen LogP contribution in [-0.4, -0.2) is 90.0 Å². The predicted molar refractivity (Wildman–Crippen MR) is 226 cm³/mol. The molecule has 0 bridgehead atoms. The van der Waals surface area contributed by atoms with Gasteiger partial charge in [-0.1, -0.05) is 47.5 Å². The number of piperidine rings is 2. The molecule has 60 heavy (non-hydrogen) atoms. The van der Waals surface area contributed by atoms with Crippen molar-refractivity contribution in [2.45, 2.75) is 65.0 Å². The molecule has 6 aromatic rings.